The van der Waals surface area contributed by atoms with Crippen LogP contribution in [0.15, 0.2) is 54.9 Å². The maximum Gasteiger partial charge on any atom is 0.272 e. The van der Waals surface area contributed by atoms with Gasteiger partial charge in [0.15, 0.2) is 0 Å². The highest BCUT2D eigenvalue weighted by atomic mass is 16.1. The fourth-order valence-electron chi connectivity index (χ4n) is 2.66. The molecule has 2 heterocycles. The number of fused-ring (bicyclic) bond motifs is 1. The van der Waals surface area contributed by atoms with E-state index in [0.717, 1.165) is 22.2 Å². The van der Waals surface area contributed by atoms with Crippen molar-refractivity contribution in [3.63, 3.8) is 0 Å². The van der Waals surface area contributed by atoms with Gasteiger partial charge in [-0.05, 0) is 53.2 Å². The van der Waals surface area contributed by atoms with E-state index in [9.17, 15) is 4.79 Å². The van der Waals surface area contributed by atoms with Crippen LogP contribution in [0, 0.1) is 6.92 Å². The summed E-state index contributed by atoms with van der Waals surface area (Å²) in [6, 6.07) is 15.2. The standard InChI is InChI=1S/C17H14N6O/c1-11-8-13(6-7-16(11)23-10-18-21-22-23)19-17(24)15-9-12-4-2-3-5-14(12)20-15/h2-10,20H,1H3,(H,19,24). The topological polar surface area (TPSA) is 88.5 Å². The molecule has 24 heavy (non-hydrogen) atoms. The lowest BCUT2D eigenvalue weighted by molar-refractivity contribution is 0.102. The highest BCUT2D eigenvalue weighted by Crippen LogP contribution is 2.20. The molecule has 4 rings (SSSR count). The number of para-hydroxylation sites is 1. The number of carbonyl (C=O) groups excluding carboxylic acids is 1. The highest BCUT2D eigenvalue weighted by Gasteiger charge is 2.11. The summed E-state index contributed by atoms with van der Waals surface area (Å²) in [4.78, 5) is 15.5. The van der Waals surface area contributed by atoms with Crippen LogP contribution in [0.5, 0.6) is 0 Å². The Morgan fingerprint density at radius 2 is 2.04 bits per heavy atom. The summed E-state index contributed by atoms with van der Waals surface area (Å²) < 4.78 is 1.58. The van der Waals surface area contributed by atoms with E-state index in [0.29, 0.717) is 11.4 Å². The van der Waals surface area contributed by atoms with Crippen LogP contribution < -0.4 is 5.32 Å². The van der Waals surface area contributed by atoms with Gasteiger partial charge in [0.2, 0.25) is 0 Å². The van der Waals surface area contributed by atoms with Crippen molar-refractivity contribution in [2.75, 3.05) is 5.32 Å². The van der Waals surface area contributed by atoms with E-state index in [1.54, 1.807) is 4.68 Å². The molecule has 7 nitrogen and oxygen atoms in total. The minimum Gasteiger partial charge on any atom is -0.351 e. The number of anilines is 1. The van der Waals surface area contributed by atoms with Crippen molar-refractivity contribution in [3.05, 3.63) is 66.1 Å². The highest BCUT2D eigenvalue weighted by molar-refractivity contribution is 6.06. The van der Waals surface area contributed by atoms with Crippen LogP contribution in [0.2, 0.25) is 0 Å². The van der Waals surface area contributed by atoms with Crippen LogP contribution in [0.25, 0.3) is 16.6 Å². The van der Waals surface area contributed by atoms with Crippen LogP contribution in [-0.2, 0) is 0 Å². The molecule has 0 aliphatic carbocycles. The van der Waals surface area contributed by atoms with Crippen molar-refractivity contribution in [3.8, 4) is 5.69 Å². The van der Waals surface area contributed by atoms with Gasteiger partial charge in [0.1, 0.15) is 12.0 Å². The summed E-state index contributed by atoms with van der Waals surface area (Å²) in [5.74, 6) is -0.180. The molecule has 0 fully saturated rings. The average molecular weight is 318 g/mol. The lowest BCUT2D eigenvalue weighted by Crippen LogP contribution is -2.12. The average Bonchev–Trinajstić information content (AvgIpc) is 3.24. The quantitative estimate of drug-likeness (QED) is 0.608. The van der Waals surface area contributed by atoms with E-state index in [1.165, 1.54) is 6.33 Å². The summed E-state index contributed by atoms with van der Waals surface area (Å²) in [7, 11) is 0. The molecule has 2 aromatic carbocycles. The summed E-state index contributed by atoms with van der Waals surface area (Å²) in [6.07, 6.45) is 1.53. The number of hydrogen-bond donors (Lipinski definition) is 2. The van der Waals surface area contributed by atoms with Gasteiger partial charge < -0.3 is 10.3 Å². The number of benzene rings is 2. The summed E-state index contributed by atoms with van der Waals surface area (Å²) in [5.41, 5.74) is 4.00. The van der Waals surface area contributed by atoms with Crippen LogP contribution in [-0.4, -0.2) is 31.1 Å². The fraction of sp³-hybridized carbons (Fsp3) is 0.0588. The van der Waals surface area contributed by atoms with Crippen molar-refractivity contribution < 1.29 is 4.79 Å². The first-order valence-corrected chi connectivity index (χ1v) is 7.44. The van der Waals surface area contributed by atoms with E-state index in [2.05, 4.69) is 25.8 Å². The molecule has 0 aliphatic rings. The number of amides is 1. The molecule has 0 aliphatic heterocycles. The third-order valence-corrected chi connectivity index (χ3v) is 3.83. The summed E-state index contributed by atoms with van der Waals surface area (Å²) >= 11 is 0. The number of tetrazole rings is 1. The molecule has 1 amide bonds. The second-order valence-electron chi connectivity index (χ2n) is 5.48. The van der Waals surface area contributed by atoms with Crippen LogP contribution >= 0.6 is 0 Å². The first kappa shape index (κ1) is 14.1. The molecule has 0 saturated heterocycles. The number of rotatable bonds is 3. The Labute approximate surface area is 137 Å². The molecule has 0 bridgehead atoms. The first-order chi connectivity index (χ1) is 11.7. The Morgan fingerprint density at radius 1 is 1.17 bits per heavy atom. The van der Waals surface area contributed by atoms with Gasteiger partial charge in [0, 0.05) is 16.6 Å². The van der Waals surface area contributed by atoms with Gasteiger partial charge in [-0.3, -0.25) is 4.79 Å². The molecule has 2 aromatic heterocycles. The number of nitrogens with zero attached hydrogens (tertiary/aromatic N) is 4. The molecular weight excluding hydrogens is 304 g/mol. The zero-order valence-electron chi connectivity index (χ0n) is 12.9. The van der Waals surface area contributed by atoms with Crippen LogP contribution in [0.4, 0.5) is 5.69 Å². The van der Waals surface area contributed by atoms with Crippen molar-refractivity contribution in [2.45, 2.75) is 6.92 Å². The van der Waals surface area contributed by atoms with Crippen LogP contribution in [0.3, 0.4) is 0 Å². The van der Waals surface area contributed by atoms with Gasteiger partial charge in [0.25, 0.3) is 5.91 Å². The number of H-pyrrole nitrogens is 1. The predicted molar refractivity (Wildman–Crippen MR) is 90.1 cm³/mol. The zero-order chi connectivity index (χ0) is 16.5. The largest absolute Gasteiger partial charge is 0.351 e. The van der Waals surface area contributed by atoms with E-state index < -0.39 is 0 Å². The summed E-state index contributed by atoms with van der Waals surface area (Å²) in [5, 5.41) is 15.0. The molecule has 0 radical (unpaired) electrons. The predicted octanol–water partition coefficient (Wildman–Crippen LogP) is 2.70. The summed E-state index contributed by atoms with van der Waals surface area (Å²) in [6.45, 7) is 1.94. The minimum absolute atomic E-state index is 0.180. The maximum absolute atomic E-state index is 12.4. The molecular formula is C17H14N6O. The zero-order valence-corrected chi connectivity index (χ0v) is 12.9. The van der Waals surface area contributed by atoms with Crippen LogP contribution in [0.1, 0.15) is 16.1 Å². The number of aryl methyl sites for hydroxylation is 1. The van der Waals surface area contributed by atoms with Crippen molar-refractivity contribution >= 4 is 22.5 Å². The monoisotopic (exact) mass is 318 g/mol. The van der Waals surface area contributed by atoms with Gasteiger partial charge >= 0.3 is 0 Å². The normalized spacial score (nSPS) is 10.9. The molecule has 0 saturated carbocycles. The molecule has 7 heteroatoms. The molecule has 118 valence electrons. The molecule has 4 aromatic rings. The lowest BCUT2D eigenvalue weighted by Gasteiger charge is -2.08. The third kappa shape index (κ3) is 2.52. The van der Waals surface area contributed by atoms with Gasteiger partial charge in [-0.25, -0.2) is 4.68 Å². The van der Waals surface area contributed by atoms with E-state index in [-0.39, 0.29) is 5.91 Å². The van der Waals surface area contributed by atoms with Crippen molar-refractivity contribution in [2.24, 2.45) is 0 Å². The van der Waals surface area contributed by atoms with Gasteiger partial charge in [-0.2, -0.15) is 0 Å². The number of aromatic amines is 1. The smallest absolute Gasteiger partial charge is 0.272 e. The second kappa shape index (κ2) is 5.62. The van der Waals surface area contributed by atoms with Gasteiger partial charge in [-0.1, -0.05) is 18.2 Å². The Balaban J connectivity index is 1.58. The second-order valence-corrected chi connectivity index (χ2v) is 5.48. The van der Waals surface area contributed by atoms with Crippen molar-refractivity contribution in [1.82, 2.24) is 25.2 Å². The first-order valence-electron chi connectivity index (χ1n) is 7.44. The maximum atomic E-state index is 12.4. The van der Waals surface area contributed by atoms with E-state index >= 15 is 0 Å². The fourth-order valence-corrected chi connectivity index (χ4v) is 2.66. The lowest BCUT2D eigenvalue weighted by atomic mass is 10.1. The van der Waals surface area contributed by atoms with E-state index in [4.69, 9.17) is 0 Å². The Bertz CT molecular complexity index is 986. The number of nitrogens with one attached hydrogen (secondary N) is 2. The molecule has 0 unspecified atom stereocenters. The Hall–Kier alpha value is -3.48. The number of hydrogen-bond acceptors (Lipinski definition) is 4. The Kier molecular flexibility index (Phi) is 3.31. The van der Waals surface area contributed by atoms with Crippen molar-refractivity contribution in [1.29, 1.82) is 0 Å². The number of carbonyl (C=O) groups is 1. The van der Waals surface area contributed by atoms with Gasteiger partial charge in [-0.15, -0.1) is 5.10 Å². The Morgan fingerprint density at radius 3 is 2.79 bits per heavy atom. The third-order valence-electron chi connectivity index (χ3n) is 3.83. The number of aromatic nitrogens is 5. The van der Waals surface area contributed by atoms with Gasteiger partial charge in [0.05, 0.1) is 5.69 Å². The molecule has 0 atom stereocenters. The molecule has 0 spiro atoms. The van der Waals surface area contributed by atoms with E-state index in [1.807, 2.05) is 55.5 Å². The minimum atomic E-state index is -0.180. The SMILES string of the molecule is Cc1cc(NC(=O)c2cc3ccccc3[nH]2)ccc1-n1cnnn1. The molecule has 2 N–H and O–H groups in total.